The van der Waals surface area contributed by atoms with Crippen molar-refractivity contribution in [3.05, 3.63) is 88.5 Å². The second kappa shape index (κ2) is 8.91. The lowest BCUT2D eigenvalue weighted by Gasteiger charge is -2.25. The summed E-state index contributed by atoms with van der Waals surface area (Å²) in [4.78, 5) is 31.5. The third-order valence-electron chi connectivity index (χ3n) is 5.28. The van der Waals surface area contributed by atoms with E-state index in [4.69, 9.17) is 21.1 Å². The molecule has 7 nitrogen and oxygen atoms in total. The molecule has 0 spiro atoms. The molecule has 9 heteroatoms. The Labute approximate surface area is 193 Å². The number of ether oxygens (including phenoxy) is 2. The van der Waals surface area contributed by atoms with Gasteiger partial charge in [-0.2, -0.15) is 0 Å². The maximum Gasteiger partial charge on any atom is 0.300 e. The molecule has 0 radical (unpaired) electrons. The zero-order valence-corrected chi connectivity index (χ0v) is 18.3. The number of halogens is 2. The number of hydrogen-bond donors (Lipinski definition) is 1. The van der Waals surface area contributed by atoms with Crippen LogP contribution in [-0.4, -0.2) is 36.0 Å². The Morgan fingerprint density at radius 1 is 1.09 bits per heavy atom. The molecule has 1 N–H and O–H groups in total. The zero-order valence-electron chi connectivity index (χ0n) is 17.6. The van der Waals surface area contributed by atoms with Crippen molar-refractivity contribution in [2.45, 2.75) is 6.04 Å². The molecular weight excluding hydrogens is 451 g/mol. The molecule has 0 saturated carbocycles. The van der Waals surface area contributed by atoms with Crippen LogP contribution in [0.2, 0.25) is 5.02 Å². The zero-order chi connectivity index (χ0) is 23.7. The number of aliphatic hydroxyl groups excluding tert-OH is 1. The first-order valence-corrected chi connectivity index (χ1v) is 10.1. The number of carbonyl (C=O) groups excluding carboxylic acids is 2. The predicted molar refractivity (Wildman–Crippen MR) is 120 cm³/mol. The van der Waals surface area contributed by atoms with Gasteiger partial charge < -0.3 is 14.6 Å². The second-order valence-electron chi connectivity index (χ2n) is 7.12. The lowest BCUT2D eigenvalue weighted by molar-refractivity contribution is -0.132. The van der Waals surface area contributed by atoms with Gasteiger partial charge in [-0.15, -0.1) is 0 Å². The van der Waals surface area contributed by atoms with Crippen LogP contribution in [0.3, 0.4) is 0 Å². The van der Waals surface area contributed by atoms with Gasteiger partial charge >= 0.3 is 0 Å². The van der Waals surface area contributed by atoms with Gasteiger partial charge in [0.1, 0.15) is 23.1 Å². The molecule has 33 heavy (non-hydrogen) atoms. The van der Waals surface area contributed by atoms with Crippen LogP contribution >= 0.6 is 11.6 Å². The van der Waals surface area contributed by atoms with E-state index in [0.717, 1.165) is 0 Å². The molecule has 0 bridgehead atoms. The number of rotatable bonds is 5. The maximum absolute atomic E-state index is 13.5. The number of anilines is 1. The van der Waals surface area contributed by atoms with Crippen molar-refractivity contribution in [3.8, 4) is 11.5 Å². The molecule has 2 aromatic carbocycles. The summed E-state index contributed by atoms with van der Waals surface area (Å²) in [5, 5.41) is 11.5. The molecule has 1 fully saturated rings. The van der Waals surface area contributed by atoms with E-state index >= 15 is 0 Å². The Balaban J connectivity index is 1.98. The summed E-state index contributed by atoms with van der Waals surface area (Å²) in [5.74, 6) is -2.34. The molecule has 2 heterocycles. The third kappa shape index (κ3) is 3.89. The monoisotopic (exact) mass is 468 g/mol. The lowest BCUT2D eigenvalue weighted by atomic mass is 9.95. The van der Waals surface area contributed by atoms with Gasteiger partial charge in [-0.3, -0.25) is 19.5 Å². The standard InChI is InChI=1S/C24H18ClFN2O5/c1-32-18-11-17(25)19(33-2)10-16(18)22(29)20-21(13-4-3-9-27-12-13)28(24(31)23(20)30)15-7-5-14(26)6-8-15/h3-12,21,29H,1-2H3/b22-20+. The number of pyridine rings is 1. The molecule has 1 atom stereocenters. The van der Waals surface area contributed by atoms with Crippen molar-refractivity contribution in [1.29, 1.82) is 0 Å². The number of hydrogen-bond acceptors (Lipinski definition) is 6. The minimum Gasteiger partial charge on any atom is -0.507 e. The summed E-state index contributed by atoms with van der Waals surface area (Å²) in [5.41, 5.74) is 0.694. The molecule has 1 aliphatic heterocycles. The lowest BCUT2D eigenvalue weighted by Crippen LogP contribution is -2.29. The van der Waals surface area contributed by atoms with Crippen LogP contribution in [0.4, 0.5) is 10.1 Å². The van der Waals surface area contributed by atoms with Crippen molar-refractivity contribution in [3.63, 3.8) is 0 Å². The van der Waals surface area contributed by atoms with Crippen molar-refractivity contribution in [2.24, 2.45) is 0 Å². The fraction of sp³-hybridized carbons (Fsp3) is 0.125. The maximum atomic E-state index is 13.5. The summed E-state index contributed by atoms with van der Waals surface area (Å²) in [6.07, 6.45) is 3.03. The van der Waals surface area contributed by atoms with Gasteiger partial charge in [0.05, 0.1) is 36.4 Å². The minimum atomic E-state index is -1.02. The largest absolute Gasteiger partial charge is 0.507 e. The number of nitrogens with zero attached hydrogens (tertiary/aromatic N) is 2. The Kier molecular flexibility index (Phi) is 6.02. The molecule has 3 aromatic rings. The van der Waals surface area contributed by atoms with Crippen LogP contribution < -0.4 is 14.4 Å². The fourth-order valence-electron chi connectivity index (χ4n) is 3.74. The number of carbonyl (C=O) groups is 2. The van der Waals surface area contributed by atoms with Crippen LogP contribution in [0.15, 0.2) is 66.5 Å². The van der Waals surface area contributed by atoms with E-state index in [0.29, 0.717) is 5.56 Å². The van der Waals surface area contributed by atoms with Gasteiger partial charge in [0.25, 0.3) is 11.7 Å². The van der Waals surface area contributed by atoms with Crippen molar-refractivity contribution in [2.75, 3.05) is 19.1 Å². The minimum absolute atomic E-state index is 0.116. The first-order chi connectivity index (χ1) is 15.9. The summed E-state index contributed by atoms with van der Waals surface area (Å²) < 4.78 is 24.1. The normalized spacial score (nSPS) is 17.3. The highest BCUT2D eigenvalue weighted by Crippen LogP contribution is 2.44. The average molecular weight is 469 g/mol. The highest BCUT2D eigenvalue weighted by molar-refractivity contribution is 6.51. The first kappa shape index (κ1) is 22.3. The first-order valence-electron chi connectivity index (χ1n) is 9.75. The fourth-order valence-corrected chi connectivity index (χ4v) is 3.98. The summed E-state index contributed by atoms with van der Waals surface area (Å²) in [6, 6.07) is 10.3. The second-order valence-corrected chi connectivity index (χ2v) is 7.53. The molecule has 0 aliphatic carbocycles. The van der Waals surface area contributed by atoms with E-state index in [1.54, 1.807) is 18.3 Å². The number of aromatic nitrogens is 1. The number of Topliss-reactive ketones (excluding diaryl/α,β-unsaturated/α-hetero) is 1. The van der Waals surface area contributed by atoms with Gasteiger partial charge in [-0.1, -0.05) is 17.7 Å². The SMILES string of the molecule is COc1cc(/C(O)=C2\C(=O)C(=O)N(c3ccc(F)cc3)C2c2cccnc2)c(OC)cc1Cl. The van der Waals surface area contributed by atoms with Crippen LogP contribution in [0.5, 0.6) is 11.5 Å². The van der Waals surface area contributed by atoms with Gasteiger partial charge in [-0.25, -0.2) is 4.39 Å². The van der Waals surface area contributed by atoms with Gasteiger partial charge in [-0.05, 0) is 42.0 Å². The summed E-state index contributed by atoms with van der Waals surface area (Å²) >= 11 is 6.17. The van der Waals surface area contributed by atoms with Gasteiger partial charge in [0, 0.05) is 24.1 Å². The Hall–Kier alpha value is -3.91. The van der Waals surface area contributed by atoms with Crippen LogP contribution in [-0.2, 0) is 9.59 Å². The van der Waals surface area contributed by atoms with E-state index < -0.39 is 29.3 Å². The molecular formula is C24H18ClFN2O5. The Morgan fingerprint density at radius 2 is 1.79 bits per heavy atom. The molecule has 1 saturated heterocycles. The summed E-state index contributed by atoms with van der Waals surface area (Å²) in [6.45, 7) is 0. The smallest absolute Gasteiger partial charge is 0.300 e. The summed E-state index contributed by atoms with van der Waals surface area (Å²) in [7, 11) is 2.78. The van der Waals surface area contributed by atoms with E-state index in [-0.39, 0.29) is 33.3 Å². The van der Waals surface area contributed by atoms with Crippen molar-refractivity contribution >= 4 is 34.7 Å². The third-order valence-corrected chi connectivity index (χ3v) is 5.57. The average Bonchev–Trinajstić information content (AvgIpc) is 3.10. The number of methoxy groups -OCH3 is 2. The van der Waals surface area contributed by atoms with Crippen LogP contribution in [0.25, 0.3) is 5.76 Å². The number of aliphatic hydroxyl groups is 1. The molecule has 1 aromatic heterocycles. The number of ketones is 1. The molecule has 1 unspecified atom stereocenters. The van der Waals surface area contributed by atoms with Gasteiger partial charge in [0.2, 0.25) is 0 Å². The Morgan fingerprint density at radius 3 is 2.39 bits per heavy atom. The highest BCUT2D eigenvalue weighted by atomic mass is 35.5. The van der Waals surface area contributed by atoms with E-state index in [1.807, 2.05) is 0 Å². The predicted octanol–water partition coefficient (Wildman–Crippen LogP) is 4.52. The molecule has 4 rings (SSSR count). The van der Waals surface area contributed by atoms with E-state index in [9.17, 15) is 19.1 Å². The van der Waals surface area contributed by atoms with E-state index in [2.05, 4.69) is 4.98 Å². The van der Waals surface area contributed by atoms with E-state index in [1.165, 1.54) is 61.7 Å². The number of amides is 1. The quantitative estimate of drug-likeness (QED) is 0.336. The Bertz CT molecular complexity index is 1260. The van der Waals surface area contributed by atoms with Crippen molar-refractivity contribution < 1.29 is 28.6 Å². The van der Waals surface area contributed by atoms with Crippen LogP contribution in [0.1, 0.15) is 17.2 Å². The topological polar surface area (TPSA) is 89.0 Å². The number of benzene rings is 2. The van der Waals surface area contributed by atoms with Gasteiger partial charge in [0.15, 0.2) is 0 Å². The molecule has 168 valence electrons. The van der Waals surface area contributed by atoms with Crippen LogP contribution in [0, 0.1) is 5.82 Å². The molecule has 1 amide bonds. The van der Waals surface area contributed by atoms with Crippen molar-refractivity contribution in [1.82, 2.24) is 4.98 Å². The highest BCUT2D eigenvalue weighted by Gasteiger charge is 2.47. The molecule has 1 aliphatic rings.